The molecule has 0 radical (unpaired) electrons. The number of primary amides is 1. The minimum absolute atomic E-state index is 0.0208. The first-order valence-corrected chi connectivity index (χ1v) is 29.1. The number of halogens is 1. The monoisotopic (exact) mass is 1200 g/mol. The number of hydrogen-bond donors (Lipinski definition) is 9. The lowest BCUT2D eigenvalue weighted by atomic mass is 9.94. The van der Waals surface area contributed by atoms with E-state index in [1.165, 1.54) is 37.1 Å². The Balaban J connectivity index is 1.10. The zero-order valence-corrected chi connectivity index (χ0v) is 48.8. The molecule has 6 atom stereocenters. The molecule has 10 amide bonds. The summed E-state index contributed by atoms with van der Waals surface area (Å²) in [4.78, 5) is 146. The highest BCUT2D eigenvalue weighted by Crippen LogP contribution is 2.31. The first kappa shape index (κ1) is 63.4. The van der Waals surface area contributed by atoms with E-state index in [9.17, 15) is 47.5 Å². The Morgan fingerprint density at radius 2 is 1.51 bits per heavy atom. The topological polar surface area (TPSA) is 322 Å². The zero-order chi connectivity index (χ0) is 62.2. The predicted molar refractivity (Wildman–Crippen MR) is 318 cm³/mol. The molecule has 10 N–H and O–H groups in total. The van der Waals surface area contributed by atoms with E-state index in [-0.39, 0.29) is 64.1 Å². The van der Waals surface area contributed by atoms with Crippen LogP contribution in [0.4, 0.5) is 4.39 Å². The van der Waals surface area contributed by atoms with Crippen molar-refractivity contribution in [2.24, 2.45) is 5.73 Å². The molecule has 1 fully saturated rings. The summed E-state index contributed by atoms with van der Waals surface area (Å²) in [5.74, 6) is -6.42. The van der Waals surface area contributed by atoms with Crippen molar-refractivity contribution in [1.82, 2.24) is 52.0 Å². The Hall–Kier alpha value is -9.61. The third kappa shape index (κ3) is 17.1. The van der Waals surface area contributed by atoms with Gasteiger partial charge >= 0.3 is 0 Å². The summed E-state index contributed by atoms with van der Waals surface area (Å²) < 4.78 is 26.1. The number of ether oxygens (including phenoxy) is 2. The average molecular weight is 1200 g/mol. The average Bonchev–Trinajstić information content (AvgIpc) is 2.57. The van der Waals surface area contributed by atoms with Crippen LogP contribution < -0.4 is 52.4 Å². The van der Waals surface area contributed by atoms with Crippen molar-refractivity contribution < 1.29 is 61.8 Å². The van der Waals surface area contributed by atoms with Gasteiger partial charge in [-0.15, -0.1) is 0 Å². The number of nitrogens with zero attached hydrogens (tertiary/aromatic N) is 2. The van der Waals surface area contributed by atoms with E-state index in [1.54, 1.807) is 98.1 Å². The van der Waals surface area contributed by atoms with Crippen molar-refractivity contribution in [1.29, 1.82) is 0 Å². The number of nitrogens with one attached hydrogen (secondary N) is 8. The van der Waals surface area contributed by atoms with Crippen LogP contribution in [0.5, 0.6) is 11.5 Å². The third-order valence-corrected chi connectivity index (χ3v) is 15.7. The fraction of sp³-hybridized carbons (Fsp3) is 0.397. The molecule has 24 heteroatoms. The number of rotatable bonds is 6. The van der Waals surface area contributed by atoms with E-state index >= 15 is 4.79 Å². The number of fused-ring (bicyclic) bond motifs is 26. The minimum atomic E-state index is -1.52. The number of benzene rings is 4. The SMILES string of the molecule is COc1ccc(C[C@@H]2NC(=O)[C@H](C)NC(=O)CN3C/C=C\COc4cccc(c4)C[C@H](NC(=O)CNC(=O)CCCCCNC(=O)c4ccc(cc4)C[C@@H](C(N)=O)NC(=O)[C@]4(C)CCCN4C2=O)C(=O)N[C@@H](Cc2c[nH]c4ccc(F)cc24)C3=O)cc1. The van der Waals surface area contributed by atoms with Crippen LogP contribution in [0.15, 0.2) is 109 Å². The van der Waals surface area contributed by atoms with Crippen molar-refractivity contribution in [2.45, 2.75) is 114 Å². The normalized spacial score (nSPS) is 23.6. The zero-order valence-electron chi connectivity index (χ0n) is 48.8. The molecule has 1 saturated heterocycles. The summed E-state index contributed by atoms with van der Waals surface area (Å²) in [6.07, 6.45) is 6.53. The second-order valence-corrected chi connectivity index (χ2v) is 22.2. The van der Waals surface area contributed by atoms with Crippen molar-refractivity contribution >= 4 is 70.0 Å². The van der Waals surface area contributed by atoms with Gasteiger partial charge in [0.05, 0.1) is 20.2 Å². The number of methoxy groups -OCH3 is 1. The molecule has 0 unspecified atom stereocenters. The van der Waals surface area contributed by atoms with E-state index in [1.807, 2.05) is 0 Å². The molecule has 0 aliphatic carbocycles. The molecule has 6 bridgehead atoms. The summed E-state index contributed by atoms with van der Waals surface area (Å²) >= 11 is 0. The van der Waals surface area contributed by atoms with Crippen LogP contribution in [-0.4, -0.2) is 156 Å². The summed E-state index contributed by atoms with van der Waals surface area (Å²) in [5.41, 5.74) is 7.40. The van der Waals surface area contributed by atoms with Crippen molar-refractivity contribution in [3.8, 4) is 11.5 Å². The molecule has 4 aromatic carbocycles. The highest BCUT2D eigenvalue weighted by Gasteiger charge is 2.48. The quantitative estimate of drug-likeness (QED) is 0.111. The number of nitrogens with two attached hydrogens (primary N) is 1. The molecule has 0 spiro atoms. The molecule has 0 saturated carbocycles. The number of carbonyl (C=O) groups is 10. The van der Waals surface area contributed by atoms with Crippen LogP contribution >= 0.6 is 0 Å². The molecule has 87 heavy (non-hydrogen) atoms. The van der Waals surface area contributed by atoms with Gasteiger partial charge in [0, 0.05) is 74.4 Å². The Morgan fingerprint density at radius 1 is 0.747 bits per heavy atom. The lowest BCUT2D eigenvalue weighted by Crippen LogP contribution is -2.63. The molecule has 5 heterocycles. The Kier molecular flexibility index (Phi) is 21.5. The van der Waals surface area contributed by atoms with Crippen LogP contribution in [0.3, 0.4) is 0 Å². The maximum atomic E-state index is 15.1. The number of H-pyrrole nitrogens is 1. The van der Waals surface area contributed by atoms with Crippen LogP contribution in [-0.2, 0) is 68.8 Å². The highest BCUT2D eigenvalue weighted by molar-refractivity contribution is 5.99. The molecule has 4 aliphatic rings. The van der Waals surface area contributed by atoms with Gasteiger partial charge in [-0.1, -0.05) is 48.9 Å². The number of carbonyl (C=O) groups excluding carboxylic acids is 10. The van der Waals surface area contributed by atoms with Gasteiger partial charge in [0.15, 0.2) is 0 Å². The highest BCUT2D eigenvalue weighted by atomic mass is 19.1. The van der Waals surface area contributed by atoms with E-state index in [4.69, 9.17) is 15.2 Å². The standard InChI is InChI=1S/C63H74FN11O12/c1-38-57(80)71-51(31-40-16-21-45(86-3)22-17-40)61(84)75-27-10-24-63(75,2)62(85)73-49(56(65)79)30-39-14-18-42(19-15-39)58(81)66-25-6-4-5-13-53(76)68-36-54(77)70-50-32-41-11-9-12-46(29-41)87-28-8-7-26-74(37-55(78)69-38)60(83)52(72-59(50)82)33-43-35-67-48-23-20-44(64)34-47(43)48/h7-9,11-12,14-23,29,34-35,38,49-52,67H,4-6,10,13,24-28,30-33,36-37H2,1-3H3,(H2,65,79)(H,66,81)(H,68,76)(H,69,78)(H,70,77)(H,71,80)(H,72,82)(H,73,85)/b8-7-/t38-,49-,50-,51-,52-,63-/m0/s1. The van der Waals surface area contributed by atoms with Gasteiger partial charge in [-0.05, 0) is 122 Å². The Bertz CT molecular complexity index is 3390. The maximum Gasteiger partial charge on any atom is 0.251 e. The largest absolute Gasteiger partial charge is 0.497 e. The molecular formula is C63H74FN11O12. The predicted octanol–water partition coefficient (Wildman–Crippen LogP) is 2.09. The van der Waals surface area contributed by atoms with Crippen LogP contribution in [0.2, 0.25) is 0 Å². The fourth-order valence-electron chi connectivity index (χ4n) is 10.8. The molecule has 4 aliphatic heterocycles. The van der Waals surface area contributed by atoms with E-state index in [0.717, 1.165) is 4.90 Å². The molecule has 460 valence electrons. The van der Waals surface area contributed by atoms with Gasteiger partial charge < -0.3 is 67.2 Å². The van der Waals surface area contributed by atoms with Crippen LogP contribution in [0.25, 0.3) is 10.9 Å². The van der Waals surface area contributed by atoms with Crippen molar-refractivity contribution in [3.05, 3.63) is 143 Å². The van der Waals surface area contributed by atoms with Crippen molar-refractivity contribution in [3.63, 3.8) is 0 Å². The molecular weight excluding hydrogens is 1120 g/mol. The van der Waals surface area contributed by atoms with Crippen LogP contribution in [0, 0.1) is 5.82 Å². The van der Waals surface area contributed by atoms with Crippen molar-refractivity contribution in [2.75, 3.05) is 46.4 Å². The minimum Gasteiger partial charge on any atom is -0.497 e. The molecule has 9 rings (SSSR count). The second-order valence-electron chi connectivity index (χ2n) is 22.2. The van der Waals surface area contributed by atoms with Crippen LogP contribution in [0.1, 0.15) is 85.0 Å². The van der Waals surface area contributed by atoms with Gasteiger partial charge in [0.2, 0.25) is 53.2 Å². The number of aromatic amines is 1. The summed E-state index contributed by atoms with van der Waals surface area (Å²) in [6, 6.07) is 17.5. The third-order valence-electron chi connectivity index (χ3n) is 15.7. The van der Waals surface area contributed by atoms with E-state index in [0.29, 0.717) is 82.4 Å². The lowest BCUT2D eigenvalue weighted by molar-refractivity contribution is -0.147. The summed E-state index contributed by atoms with van der Waals surface area (Å²) in [5, 5.41) is 19.6. The number of amides is 10. The van der Waals surface area contributed by atoms with Gasteiger partial charge in [-0.25, -0.2) is 4.39 Å². The Labute approximate surface area is 502 Å². The number of hydrogen-bond acceptors (Lipinski definition) is 12. The van der Waals surface area contributed by atoms with Gasteiger partial charge in [-0.2, -0.15) is 0 Å². The summed E-state index contributed by atoms with van der Waals surface area (Å²) in [7, 11) is 1.50. The fourth-order valence-corrected chi connectivity index (χ4v) is 10.8. The maximum absolute atomic E-state index is 15.1. The second kappa shape index (κ2) is 29.5. The van der Waals surface area contributed by atoms with E-state index in [2.05, 4.69) is 42.2 Å². The molecule has 5 aromatic rings. The molecule has 1 aromatic heterocycles. The van der Waals surface area contributed by atoms with Gasteiger partial charge in [-0.3, -0.25) is 47.9 Å². The molecule has 23 nitrogen and oxygen atoms in total. The summed E-state index contributed by atoms with van der Waals surface area (Å²) in [6.45, 7) is 2.00. The van der Waals surface area contributed by atoms with Gasteiger partial charge in [0.25, 0.3) is 5.91 Å². The lowest BCUT2D eigenvalue weighted by Gasteiger charge is -2.37. The smallest absolute Gasteiger partial charge is 0.251 e. The Morgan fingerprint density at radius 3 is 2.26 bits per heavy atom. The van der Waals surface area contributed by atoms with E-state index < -0.39 is 108 Å². The first-order chi connectivity index (χ1) is 41.8. The van der Waals surface area contributed by atoms with Gasteiger partial charge in [0.1, 0.15) is 59.7 Å². The first-order valence-electron chi connectivity index (χ1n) is 29.1. The number of aromatic nitrogens is 1.